The minimum Gasteiger partial charge on any atom is -0.378 e. The predicted octanol–water partition coefficient (Wildman–Crippen LogP) is 4.65. The van der Waals surface area contributed by atoms with Gasteiger partial charge in [-0.15, -0.1) is 0 Å². The number of hydrogen-bond donors (Lipinski definition) is 2. The Morgan fingerprint density at radius 3 is 2.20 bits per heavy atom. The highest BCUT2D eigenvalue weighted by Crippen LogP contribution is 2.24. The second-order valence-electron chi connectivity index (χ2n) is 6.23. The van der Waals surface area contributed by atoms with Crippen molar-refractivity contribution in [2.24, 2.45) is 0 Å². The van der Waals surface area contributed by atoms with E-state index in [-0.39, 0.29) is 0 Å². The molecule has 0 atom stereocenters. The van der Waals surface area contributed by atoms with Gasteiger partial charge in [-0.3, -0.25) is 0 Å². The summed E-state index contributed by atoms with van der Waals surface area (Å²) < 4.78 is 0. The first-order valence-electron chi connectivity index (χ1n) is 8.22. The number of aromatic nitrogens is 2. The maximum absolute atomic E-state index is 4.32. The Morgan fingerprint density at radius 1 is 0.840 bits per heavy atom. The second kappa shape index (κ2) is 7.21. The van der Waals surface area contributed by atoms with Crippen molar-refractivity contribution in [1.82, 2.24) is 9.97 Å². The van der Waals surface area contributed by atoms with E-state index in [1.54, 1.807) is 6.33 Å². The monoisotopic (exact) mass is 333 g/mol. The first kappa shape index (κ1) is 16.8. The smallest absolute Gasteiger partial charge is 0.135 e. The lowest BCUT2D eigenvalue weighted by Crippen LogP contribution is -2.08. The lowest BCUT2D eigenvalue weighted by molar-refractivity contribution is 1.13. The van der Waals surface area contributed by atoms with Gasteiger partial charge in [0.05, 0.1) is 0 Å². The fraction of sp³-hybridized carbons (Fsp3) is 0.200. The minimum atomic E-state index is 0.750. The topological polar surface area (TPSA) is 53.1 Å². The van der Waals surface area contributed by atoms with Crippen molar-refractivity contribution in [1.29, 1.82) is 0 Å². The molecule has 1 aromatic heterocycles. The third kappa shape index (κ3) is 4.07. The maximum atomic E-state index is 4.32. The molecule has 0 radical (unpaired) electrons. The van der Waals surface area contributed by atoms with Crippen molar-refractivity contribution in [3.63, 3.8) is 0 Å². The molecule has 5 heteroatoms. The third-order valence-corrected chi connectivity index (χ3v) is 4.19. The van der Waals surface area contributed by atoms with Crippen LogP contribution in [0.3, 0.4) is 0 Å². The van der Waals surface area contributed by atoms with Crippen molar-refractivity contribution < 1.29 is 0 Å². The molecule has 0 spiro atoms. The molecule has 0 unspecified atom stereocenters. The molecule has 0 bridgehead atoms. The molecule has 0 fully saturated rings. The largest absolute Gasteiger partial charge is 0.378 e. The van der Waals surface area contributed by atoms with Crippen LogP contribution in [0.15, 0.2) is 54.9 Å². The van der Waals surface area contributed by atoms with Crippen molar-refractivity contribution in [3.05, 3.63) is 66.0 Å². The zero-order chi connectivity index (χ0) is 17.8. The van der Waals surface area contributed by atoms with E-state index < -0.39 is 0 Å². The van der Waals surface area contributed by atoms with Gasteiger partial charge in [0.25, 0.3) is 0 Å². The molecule has 0 aliphatic heterocycles. The predicted molar refractivity (Wildman–Crippen MR) is 105 cm³/mol. The van der Waals surface area contributed by atoms with Crippen LogP contribution in [0.2, 0.25) is 0 Å². The average Bonchev–Trinajstić information content (AvgIpc) is 2.60. The van der Waals surface area contributed by atoms with Crippen LogP contribution in [-0.4, -0.2) is 24.1 Å². The lowest BCUT2D eigenvalue weighted by Gasteiger charge is -2.14. The SMILES string of the molecule is Cc1cccc(Nc2cc(Nc3ccc(N(C)C)cc3)ncn2)c1C. The van der Waals surface area contributed by atoms with Crippen LogP contribution in [0, 0.1) is 13.8 Å². The van der Waals surface area contributed by atoms with Crippen molar-refractivity contribution in [3.8, 4) is 0 Å². The van der Waals surface area contributed by atoms with Gasteiger partial charge in [0.1, 0.15) is 18.0 Å². The molecular formula is C20H23N5. The minimum absolute atomic E-state index is 0.750. The highest BCUT2D eigenvalue weighted by atomic mass is 15.1. The Labute approximate surface area is 148 Å². The molecule has 2 aromatic carbocycles. The van der Waals surface area contributed by atoms with E-state index in [1.165, 1.54) is 11.1 Å². The summed E-state index contributed by atoms with van der Waals surface area (Å²) in [6, 6.07) is 16.3. The highest BCUT2D eigenvalue weighted by Gasteiger charge is 2.04. The molecule has 3 rings (SSSR count). The zero-order valence-corrected chi connectivity index (χ0v) is 15.0. The van der Waals surface area contributed by atoms with Gasteiger partial charge < -0.3 is 15.5 Å². The number of nitrogens with one attached hydrogen (secondary N) is 2. The molecule has 128 valence electrons. The van der Waals surface area contributed by atoms with Crippen molar-refractivity contribution in [2.75, 3.05) is 29.6 Å². The molecular weight excluding hydrogens is 310 g/mol. The van der Waals surface area contributed by atoms with Gasteiger partial charge in [-0.2, -0.15) is 0 Å². The van der Waals surface area contributed by atoms with Crippen LogP contribution in [-0.2, 0) is 0 Å². The molecule has 0 saturated carbocycles. The van der Waals surface area contributed by atoms with E-state index in [0.29, 0.717) is 0 Å². The van der Waals surface area contributed by atoms with Crippen LogP contribution in [0.4, 0.5) is 28.7 Å². The zero-order valence-electron chi connectivity index (χ0n) is 15.0. The van der Waals surface area contributed by atoms with E-state index in [1.807, 2.05) is 38.4 Å². The number of nitrogens with zero attached hydrogens (tertiary/aromatic N) is 3. The average molecular weight is 333 g/mol. The highest BCUT2D eigenvalue weighted by molar-refractivity contribution is 5.66. The standard InChI is InChI=1S/C20H23N5/c1-14-6-5-7-18(15(14)2)24-20-12-19(21-13-22-20)23-16-8-10-17(11-9-16)25(3)4/h5-13H,1-4H3,(H2,21,22,23,24). The summed E-state index contributed by atoms with van der Waals surface area (Å²) in [5.74, 6) is 1.51. The van der Waals surface area contributed by atoms with E-state index in [4.69, 9.17) is 0 Å². The van der Waals surface area contributed by atoms with E-state index in [0.717, 1.165) is 28.7 Å². The third-order valence-electron chi connectivity index (χ3n) is 4.19. The number of hydrogen-bond acceptors (Lipinski definition) is 5. The molecule has 5 nitrogen and oxygen atoms in total. The molecule has 0 amide bonds. The fourth-order valence-corrected chi connectivity index (χ4v) is 2.51. The van der Waals surface area contributed by atoms with E-state index in [2.05, 4.69) is 63.6 Å². The summed E-state index contributed by atoms with van der Waals surface area (Å²) in [6.07, 6.45) is 1.56. The maximum Gasteiger partial charge on any atom is 0.135 e. The van der Waals surface area contributed by atoms with Gasteiger partial charge in [0, 0.05) is 37.2 Å². The number of aryl methyl sites for hydroxylation is 1. The quantitative estimate of drug-likeness (QED) is 0.712. The Bertz CT molecular complexity index is 856. The van der Waals surface area contributed by atoms with Crippen LogP contribution in [0.25, 0.3) is 0 Å². The normalized spacial score (nSPS) is 10.4. The lowest BCUT2D eigenvalue weighted by atomic mass is 10.1. The summed E-state index contributed by atoms with van der Waals surface area (Å²) in [6.45, 7) is 4.20. The first-order valence-corrected chi connectivity index (χ1v) is 8.22. The van der Waals surface area contributed by atoms with Gasteiger partial charge in [-0.25, -0.2) is 9.97 Å². The summed E-state index contributed by atoms with van der Waals surface area (Å²) in [7, 11) is 4.05. The van der Waals surface area contributed by atoms with Crippen molar-refractivity contribution in [2.45, 2.75) is 13.8 Å². The van der Waals surface area contributed by atoms with Gasteiger partial charge in [0.2, 0.25) is 0 Å². The van der Waals surface area contributed by atoms with Crippen LogP contribution in [0.5, 0.6) is 0 Å². The molecule has 2 N–H and O–H groups in total. The number of anilines is 5. The van der Waals surface area contributed by atoms with Gasteiger partial charge >= 0.3 is 0 Å². The molecule has 0 aliphatic carbocycles. The number of benzene rings is 2. The first-order chi connectivity index (χ1) is 12.0. The Kier molecular flexibility index (Phi) is 4.84. The second-order valence-corrected chi connectivity index (χ2v) is 6.23. The summed E-state index contributed by atoms with van der Waals surface area (Å²) in [5.41, 5.74) is 5.67. The van der Waals surface area contributed by atoms with Crippen molar-refractivity contribution >= 4 is 28.7 Å². The molecule has 25 heavy (non-hydrogen) atoms. The molecule has 0 saturated heterocycles. The Balaban J connectivity index is 1.76. The van der Waals surface area contributed by atoms with E-state index in [9.17, 15) is 0 Å². The summed E-state index contributed by atoms with van der Waals surface area (Å²) >= 11 is 0. The number of rotatable bonds is 5. The van der Waals surface area contributed by atoms with Crippen LogP contribution in [0.1, 0.15) is 11.1 Å². The molecule has 0 aliphatic rings. The Morgan fingerprint density at radius 2 is 1.52 bits per heavy atom. The van der Waals surface area contributed by atoms with Gasteiger partial charge in [-0.1, -0.05) is 12.1 Å². The van der Waals surface area contributed by atoms with Crippen LogP contribution >= 0.6 is 0 Å². The Hall–Kier alpha value is -3.08. The van der Waals surface area contributed by atoms with Gasteiger partial charge in [-0.05, 0) is 55.3 Å². The summed E-state index contributed by atoms with van der Waals surface area (Å²) in [4.78, 5) is 10.7. The van der Waals surface area contributed by atoms with Gasteiger partial charge in [0.15, 0.2) is 0 Å². The molecule has 3 aromatic rings. The summed E-state index contributed by atoms with van der Waals surface area (Å²) in [5, 5.41) is 6.68. The van der Waals surface area contributed by atoms with Crippen LogP contribution < -0.4 is 15.5 Å². The van der Waals surface area contributed by atoms with E-state index >= 15 is 0 Å². The molecule has 1 heterocycles. The fourth-order valence-electron chi connectivity index (χ4n) is 2.51.